The SMILES string of the molecule is O=[N+]([O-])c1ccnc(NCCCC2CC2)c1. The molecule has 1 aromatic rings. The van der Waals surface area contributed by atoms with Crippen molar-refractivity contribution in [3.8, 4) is 0 Å². The molecule has 5 heteroatoms. The standard InChI is InChI=1S/C11H15N3O2/c15-14(16)10-5-7-13-11(8-10)12-6-1-2-9-3-4-9/h5,7-9H,1-4,6H2,(H,12,13). The number of anilines is 1. The number of rotatable bonds is 6. The van der Waals surface area contributed by atoms with E-state index in [-0.39, 0.29) is 5.69 Å². The summed E-state index contributed by atoms with van der Waals surface area (Å²) in [7, 11) is 0. The van der Waals surface area contributed by atoms with Crippen LogP contribution >= 0.6 is 0 Å². The lowest BCUT2D eigenvalue weighted by atomic mass is 10.2. The summed E-state index contributed by atoms with van der Waals surface area (Å²) in [6.07, 6.45) is 6.56. The van der Waals surface area contributed by atoms with Gasteiger partial charge in [0, 0.05) is 18.8 Å². The van der Waals surface area contributed by atoms with E-state index < -0.39 is 4.92 Å². The number of aromatic nitrogens is 1. The summed E-state index contributed by atoms with van der Waals surface area (Å²) in [5, 5.41) is 13.6. The molecule has 1 aliphatic rings. The molecule has 1 heterocycles. The normalized spacial score (nSPS) is 14.8. The van der Waals surface area contributed by atoms with E-state index in [9.17, 15) is 10.1 Å². The van der Waals surface area contributed by atoms with Gasteiger partial charge in [0.15, 0.2) is 0 Å². The van der Waals surface area contributed by atoms with Crippen molar-refractivity contribution in [2.24, 2.45) is 5.92 Å². The van der Waals surface area contributed by atoms with Crippen LogP contribution in [0.25, 0.3) is 0 Å². The van der Waals surface area contributed by atoms with E-state index in [0.29, 0.717) is 5.82 Å². The topological polar surface area (TPSA) is 68.1 Å². The first-order valence-corrected chi connectivity index (χ1v) is 5.60. The maximum absolute atomic E-state index is 10.5. The van der Waals surface area contributed by atoms with Gasteiger partial charge in [-0.15, -0.1) is 0 Å². The average Bonchev–Trinajstić information content (AvgIpc) is 3.09. The highest BCUT2D eigenvalue weighted by Gasteiger charge is 2.19. The van der Waals surface area contributed by atoms with Crippen molar-refractivity contribution in [3.63, 3.8) is 0 Å². The van der Waals surface area contributed by atoms with Gasteiger partial charge in [-0.05, 0) is 18.8 Å². The Balaban J connectivity index is 1.78. The molecule has 1 aliphatic carbocycles. The number of nitro groups is 1. The molecule has 1 saturated carbocycles. The Morgan fingerprint density at radius 1 is 1.56 bits per heavy atom. The quantitative estimate of drug-likeness (QED) is 0.455. The lowest BCUT2D eigenvalue weighted by Gasteiger charge is -2.04. The first-order chi connectivity index (χ1) is 7.75. The molecule has 0 radical (unpaired) electrons. The Kier molecular flexibility index (Phi) is 3.34. The van der Waals surface area contributed by atoms with E-state index >= 15 is 0 Å². The van der Waals surface area contributed by atoms with Crippen LogP contribution in [0, 0.1) is 16.0 Å². The molecule has 2 rings (SSSR count). The first kappa shape index (κ1) is 10.9. The molecular weight excluding hydrogens is 206 g/mol. The second-order valence-corrected chi connectivity index (χ2v) is 4.17. The number of nitrogens with zero attached hydrogens (tertiary/aromatic N) is 2. The van der Waals surface area contributed by atoms with Crippen LogP contribution in [0.5, 0.6) is 0 Å². The van der Waals surface area contributed by atoms with E-state index in [2.05, 4.69) is 10.3 Å². The fraction of sp³-hybridized carbons (Fsp3) is 0.545. The maximum atomic E-state index is 10.5. The van der Waals surface area contributed by atoms with Gasteiger partial charge in [0.25, 0.3) is 5.69 Å². The van der Waals surface area contributed by atoms with Crippen LogP contribution in [-0.2, 0) is 0 Å². The molecule has 86 valence electrons. The molecule has 0 atom stereocenters. The molecule has 0 spiro atoms. The Morgan fingerprint density at radius 3 is 3.06 bits per heavy atom. The van der Waals surface area contributed by atoms with Gasteiger partial charge < -0.3 is 5.32 Å². The van der Waals surface area contributed by atoms with Crippen molar-refractivity contribution in [3.05, 3.63) is 28.4 Å². The summed E-state index contributed by atoms with van der Waals surface area (Å²) in [5.41, 5.74) is 0.0830. The fourth-order valence-electron chi connectivity index (χ4n) is 1.64. The van der Waals surface area contributed by atoms with E-state index in [0.717, 1.165) is 18.9 Å². The van der Waals surface area contributed by atoms with Crippen molar-refractivity contribution < 1.29 is 4.92 Å². The molecule has 5 nitrogen and oxygen atoms in total. The second kappa shape index (κ2) is 4.92. The number of nitrogens with one attached hydrogen (secondary N) is 1. The van der Waals surface area contributed by atoms with Gasteiger partial charge in [-0.1, -0.05) is 12.8 Å². The third-order valence-electron chi connectivity index (χ3n) is 2.75. The minimum Gasteiger partial charge on any atom is -0.370 e. The molecule has 0 unspecified atom stereocenters. The molecule has 1 fully saturated rings. The minimum absolute atomic E-state index is 0.0830. The van der Waals surface area contributed by atoms with Gasteiger partial charge in [0.1, 0.15) is 5.82 Å². The van der Waals surface area contributed by atoms with Crippen molar-refractivity contribution in [1.82, 2.24) is 4.98 Å². The van der Waals surface area contributed by atoms with Crippen LogP contribution in [0.1, 0.15) is 25.7 Å². The van der Waals surface area contributed by atoms with Crippen LogP contribution in [0.4, 0.5) is 11.5 Å². The highest BCUT2D eigenvalue weighted by atomic mass is 16.6. The zero-order valence-electron chi connectivity index (χ0n) is 9.06. The highest BCUT2D eigenvalue weighted by Crippen LogP contribution is 2.33. The average molecular weight is 221 g/mol. The summed E-state index contributed by atoms with van der Waals surface area (Å²) in [6, 6.07) is 2.87. The van der Waals surface area contributed by atoms with E-state index in [1.165, 1.54) is 37.6 Å². The summed E-state index contributed by atoms with van der Waals surface area (Å²) < 4.78 is 0. The van der Waals surface area contributed by atoms with Crippen LogP contribution in [0.3, 0.4) is 0 Å². The van der Waals surface area contributed by atoms with Crippen molar-refractivity contribution in [2.75, 3.05) is 11.9 Å². The maximum Gasteiger partial charge on any atom is 0.274 e. The lowest BCUT2D eigenvalue weighted by molar-refractivity contribution is -0.384. The predicted molar refractivity (Wildman–Crippen MR) is 61.3 cm³/mol. The molecule has 1 aromatic heterocycles. The minimum atomic E-state index is -0.406. The summed E-state index contributed by atoms with van der Waals surface area (Å²) in [5.74, 6) is 1.52. The molecule has 0 saturated heterocycles. The second-order valence-electron chi connectivity index (χ2n) is 4.17. The number of hydrogen-bond acceptors (Lipinski definition) is 4. The molecule has 16 heavy (non-hydrogen) atoms. The van der Waals surface area contributed by atoms with Crippen molar-refractivity contribution >= 4 is 11.5 Å². The number of hydrogen-bond donors (Lipinski definition) is 1. The van der Waals surface area contributed by atoms with E-state index in [1.807, 2.05) is 0 Å². The Morgan fingerprint density at radius 2 is 2.38 bits per heavy atom. The van der Waals surface area contributed by atoms with Crippen LogP contribution < -0.4 is 5.32 Å². The largest absolute Gasteiger partial charge is 0.370 e. The van der Waals surface area contributed by atoms with Gasteiger partial charge in [-0.3, -0.25) is 10.1 Å². The Labute approximate surface area is 94.0 Å². The number of pyridine rings is 1. The van der Waals surface area contributed by atoms with Gasteiger partial charge in [-0.25, -0.2) is 4.98 Å². The first-order valence-electron chi connectivity index (χ1n) is 5.60. The third kappa shape index (κ3) is 3.18. The Bertz CT molecular complexity index is 377. The summed E-state index contributed by atoms with van der Waals surface area (Å²) in [6.45, 7) is 0.838. The lowest BCUT2D eigenvalue weighted by Crippen LogP contribution is -2.03. The van der Waals surface area contributed by atoms with E-state index in [4.69, 9.17) is 0 Å². The van der Waals surface area contributed by atoms with Gasteiger partial charge in [0.05, 0.1) is 11.0 Å². The van der Waals surface area contributed by atoms with Crippen LogP contribution in [0.15, 0.2) is 18.3 Å². The van der Waals surface area contributed by atoms with E-state index in [1.54, 1.807) is 0 Å². The van der Waals surface area contributed by atoms with Gasteiger partial charge in [-0.2, -0.15) is 0 Å². The molecular formula is C11H15N3O2. The monoisotopic (exact) mass is 221 g/mol. The van der Waals surface area contributed by atoms with Crippen molar-refractivity contribution in [2.45, 2.75) is 25.7 Å². The molecule has 0 aromatic carbocycles. The fourth-order valence-corrected chi connectivity index (χ4v) is 1.64. The molecule has 0 amide bonds. The Hall–Kier alpha value is -1.65. The van der Waals surface area contributed by atoms with Crippen molar-refractivity contribution in [1.29, 1.82) is 0 Å². The third-order valence-corrected chi connectivity index (χ3v) is 2.75. The van der Waals surface area contributed by atoms with Gasteiger partial charge >= 0.3 is 0 Å². The van der Waals surface area contributed by atoms with Crippen LogP contribution in [0.2, 0.25) is 0 Å². The summed E-state index contributed by atoms with van der Waals surface area (Å²) >= 11 is 0. The zero-order valence-corrected chi connectivity index (χ0v) is 9.06. The summed E-state index contributed by atoms with van der Waals surface area (Å²) in [4.78, 5) is 14.2. The molecule has 0 aliphatic heterocycles. The predicted octanol–water partition coefficient (Wildman–Crippen LogP) is 2.59. The molecule has 1 N–H and O–H groups in total. The zero-order chi connectivity index (χ0) is 11.4. The smallest absolute Gasteiger partial charge is 0.274 e. The highest BCUT2D eigenvalue weighted by molar-refractivity contribution is 5.43. The van der Waals surface area contributed by atoms with Gasteiger partial charge in [0.2, 0.25) is 0 Å². The van der Waals surface area contributed by atoms with Crippen LogP contribution in [-0.4, -0.2) is 16.5 Å². The molecule has 0 bridgehead atoms.